The van der Waals surface area contributed by atoms with Gasteiger partial charge in [-0.2, -0.15) is 0 Å². The maximum atomic E-state index is 5.86. The molecular weight excluding hydrogens is 296 g/mol. The van der Waals surface area contributed by atoms with E-state index in [0.717, 1.165) is 25.5 Å². The average Bonchev–Trinajstić information content (AvgIpc) is 2.50. The van der Waals surface area contributed by atoms with E-state index in [1.54, 1.807) is 6.26 Å². The third-order valence-corrected chi connectivity index (χ3v) is 6.47. The van der Waals surface area contributed by atoms with Crippen molar-refractivity contribution in [1.29, 1.82) is 0 Å². The summed E-state index contributed by atoms with van der Waals surface area (Å²) in [5.41, 5.74) is 0. The first-order valence-electron chi connectivity index (χ1n) is 8.89. The molecule has 0 aliphatic rings. The molecule has 0 aliphatic heterocycles. The van der Waals surface area contributed by atoms with E-state index in [1.165, 1.54) is 25.7 Å². The van der Waals surface area contributed by atoms with Crippen molar-refractivity contribution in [3.63, 3.8) is 0 Å². The summed E-state index contributed by atoms with van der Waals surface area (Å²) < 4.78 is 22.9. The highest BCUT2D eigenvalue weighted by atomic mass is 28.4. The van der Waals surface area contributed by atoms with Crippen LogP contribution in [-0.2, 0) is 18.0 Å². The lowest BCUT2D eigenvalue weighted by Crippen LogP contribution is -2.45. The largest absolute Gasteiger partial charge is 0.502 e. The van der Waals surface area contributed by atoms with Crippen LogP contribution in [-0.4, -0.2) is 35.2 Å². The minimum Gasteiger partial charge on any atom is -0.502 e. The number of hydrogen-bond acceptors (Lipinski definition) is 4. The van der Waals surface area contributed by atoms with Crippen LogP contribution in [0, 0.1) is 0 Å². The van der Waals surface area contributed by atoms with Gasteiger partial charge in [0.1, 0.15) is 0 Å². The molecule has 0 unspecified atom stereocenters. The van der Waals surface area contributed by atoms with Crippen LogP contribution < -0.4 is 0 Å². The Bertz CT molecular complexity index is 242. The Hall–Kier alpha value is -0.363. The topological polar surface area (TPSA) is 36.9 Å². The summed E-state index contributed by atoms with van der Waals surface area (Å²) >= 11 is 0. The maximum absolute atomic E-state index is 5.86. The highest BCUT2D eigenvalue weighted by Crippen LogP contribution is 2.20. The Morgan fingerprint density at radius 1 is 0.727 bits per heavy atom. The first-order valence-corrected chi connectivity index (χ1v) is 10.8. The van der Waals surface area contributed by atoms with Crippen LogP contribution in [0.2, 0.25) is 6.04 Å². The van der Waals surface area contributed by atoms with E-state index in [2.05, 4.69) is 0 Å². The fourth-order valence-corrected chi connectivity index (χ4v) is 5.09. The van der Waals surface area contributed by atoms with Crippen LogP contribution in [0.3, 0.4) is 0 Å². The summed E-state index contributed by atoms with van der Waals surface area (Å²) in [6.45, 7) is 10.8. The van der Waals surface area contributed by atoms with E-state index in [0.29, 0.717) is 19.8 Å². The third-order valence-electron chi connectivity index (χ3n) is 3.32. The van der Waals surface area contributed by atoms with E-state index in [4.69, 9.17) is 18.0 Å². The minimum absolute atomic E-state index is 0.665. The highest BCUT2D eigenvalue weighted by molar-refractivity contribution is 6.60. The second-order valence-corrected chi connectivity index (χ2v) is 7.93. The van der Waals surface area contributed by atoms with Gasteiger partial charge < -0.3 is 18.0 Å². The zero-order valence-corrected chi connectivity index (χ0v) is 16.1. The van der Waals surface area contributed by atoms with Crippen molar-refractivity contribution in [2.45, 2.75) is 72.3 Å². The SMILES string of the molecule is CC=COCCCCCCCC[Si](OCC)(OCC)OCC. The molecule has 22 heavy (non-hydrogen) atoms. The van der Waals surface area contributed by atoms with E-state index in [9.17, 15) is 0 Å². The van der Waals surface area contributed by atoms with Gasteiger partial charge in [-0.05, 0) is 40.5 Å². The molecule has 0 aromatic carbocycles. The smallest absolute Gasteiger partial charge is 0.500 e. The molecule has 0 atom stereocenters. The Morgan fingerprint density at radius 2 is 1.23 bits per heavy atom. The van der Waals surface area contributed by atoms with Gasteiger partial charge in [-0.3, -0.25) is 0 Å². The van der Waals surface area contributed by atoms with Gasteiger partial charge in [0.2, 0.25) is 0 Å². The van der Waals surface area contributed by atoms with E-state index < -0.39 is 8.80 Å². The third kappa shape index (κ3) is 11.2. The molecule has 0 amide bonds. The number of hydrogen-bond donors (Lipinski definition) is 0. The van der Waals surface area contributed by atoms with Crippen LogP contribution in [0.15, 0.2) is 12.3 Å². The Morgan fingerprint density at radius 3 is 1.73 bits per heavy atom. The van der Waals surface area contributed by atoms with Crippen LogP contribution in [0.25, 0.3) is 0 Å². The lowest BCUT2D eigenvalue weighted by molar-refractivity contribution is 0.0706. The molecule has 0 fully saturated rings. The number of ether oxygens (including phenoxy) is 1. The Kier molecular flexibility index (Phi) is 15.3. The van der Waals surface area contributed by atoms with Crippen molar-refractivity contribution in [2.24, 2.45) is 0 Å². The first kappa shape index (κ1) is 21.6. The van der Waals surface area contributed by atoms with Gasteiger partial charge in [0.25, 0.3) is 0 Å². The molecule has 0 spiro atoms. The molecule has 132 valence electrons. The molecule has 0 N–H and O–H groups in total. The van der Waals surface area contributed by atoms with E-state index in [-0.39, 0.29) is 0 Å². The molecule has 0 bridgehead atoms. The van der Waals surface area contributed by atoms with E-state index in [1.807, 2.05) is 33.8 Å². The van der Waals surface area contributed by atoms with Gasteiger partial charge >= 0.3 is 8.80 Å². The standard InChI is InChI=1S/C17H36O4Si/c1-5-15-18-16-13-11-9-10-12-14-17-22(19-6-2,20-7-3)21-8-4/h5,15H,6-14,16-17H2,1-4H3. The fraction of sp³-hybridized carbons (Fsp3) is 0.882. The van der Waals surface area contributed by atoms with Gasteiger partial charge in [-0.25, -0.2) is 0 Å². The van der Waals surface area contributed by atoms with Crippen molar-refractivity contribution in [1.82, 2.24) is 0 Å². The molecule has 5 heteroatoms. The lowest BCUT2D eigenvalue weighted by Gasteiger charge is -2.28. The monoisotopic (exact) mass is 332 g/mol. The van der Waals surface area contributed by atoms with Crippen molar-refractivity contribution < 1.29 is 18.0 Å². The van der Waals surface area contributed by atoms with Gasteiger partial charge in [0, 0.05) is 25.9 Å². The van der Waals surface area contributed by atoms with Gasteiger partial charge in [0.15, 0.2) is 0 Å². The predicted molar refractivity (Wildman–Crippen MR) is 93.9 cm³/mol. The zero-order chi connectivity index (χ0) is 16.5. The summed E-state index contributed by atoms with van der Waals surface area (Å²) in [5, 5.41) is 0. The normalized spacial score (nSPS) is 12.2. The first-order chi connectivity index (χ1) is 10.7. The van der Waals surface area contributed by atoms with Crippen molar-refractivity contribution >= 4 is 8.80 Å². The summed E-state index contributed by atoms with van der Waals surface area (Å²) in [7, 11) is -2.41. The predicted octanol–water partition coefficient (Wildman–Crippen LogP) is 4.93. The van der Waals surface area contributed by atoms with Crippen molar-refractivity contribution in [3.8, 4) is 0 Å². The molecule has 0 saturated heterocycles. The molecule has 0 aliphatic carbocycles. The molecule has 0 radical (unpaired) electrons. The molecule has 0 aromatic rings. The van der Waals surface area contributed by atoms with Gasteiger partial charge in [-0.1, -0.05) is 31.8 Å². The Balaban J connectivity index is 3.74. The Labute approximate surface area is 138 Å². The van der Waals surface area contributed by atoms with Crippen LogP contribution in [0.4, 0.5) is 0 Å². The summed E-state index contributed by atoms with van der Waals surface area (Å²) in [6, 6.07) is 0.937. The second-order valence-electron chi connectivity index (χ2n) is 5.19. The van der Waals surface area contributed by atoms with Gasteiger partial charge in [-0.15, -0.1) is 0 Å². The molecule has 0 rings (SSSR count). The van der Waals surface area contributed by atoms with E-state index >= 15 is 0 Å². The summed E-state index contributed by atoms with van der Waals surface area (Å²) in [4.78, 5) is 0. The number of allylic oxidation sites excluding steroid dienone is 1. The quantitative estimate of drug-likeness (QED) is 0.228. The summed E-state index contributed by atoms with van der Waals surface area (Å²) in [6.07, 6.45) is 10.9. The highest BCUT2D eigenvalue weighted by Gasteiger charge is 2.39. The lowest BCUT2D eigenvalue weighted by atomic mass is 10.1. The molecule has 0 heterocycles. The number of rotatable bonds is 16. The molecule has 0 saturated carbocycles. The van der Waals surface area contributed by atoms with Crippen LogP contribution in [0.5, 0.6) is 0 Å². The van der Waals surface area contributed by atoms with Crippen molar-refractivity contribution in [3.05, 3.63) is 12.3 Å². The molecule has 4 nitrogen and oxygen atoms in total. The van der Waals surface area contributed by atoms with Crippen molar-refractivity contribution in [2.75, 3.05) is 26.4 Å². The molecular formula is C17H36O4Si. The van der Waals surface area contributed by atoms with Crippen LogP contribution in [0.1, 0.15) is 66.2 Å². The molecule has 0 aromatic heterocycles. The second kappa shape index (κ2) is 15.5. The minimum atomic E-state index is -2.41. The fourth-order valence-electron chi connectivity index (χ4n) is 2.40. The van der Waals surface area contributed by atoms with Crippen LogP contribution >= 0.6 is 0 Å². The zero-order valence-electron chi connectivity index (χ0n) is 15.1. The maximum Gasteiger partial charge on any atom is 0.500 e. The van der Waals surface area contributed by atoms with Gasteiger partial charge in [0.05, 0.1) is 12.9 Å². The average molecular weight is 333 g/mol. The number of unbranched alkanes of at least 4 members (excludes halogenated alkanes) is 5. The summed E-state index contributed by atoms with van der Waals surface area (Å²) in [5.74, 6) is 0.